The van der Waals surface area contributed by atoms with Crippen molar-refractivity contribution in [2.24, 2.45) is 5.92 Å². The molecule has 0 bridgehead atoms. The molecule has 3 aromatic carbocycles. The highest BCUT2D eigenvalue weighted by Crippen LogP contribution is 2.49. The lowest BCUT2D eigenvalue weighted by Gasteiger charge is -2.29. The van der Waals surface area contributed by atoms with Crippen molar-refractivity contribution in [1.82, 2.24) is 0 Å². The molecule has 2 aliphatic heterocycles. The van der Waals surface area contributed by atoms with E-state index in [4.69, 9.17) is 28.0 Å². The van der Waals surface area contributed by atoms with Gasteiger partial charge in [-0.1, -0.05) is 59.6 Å². The van der Waals surface area contributed by atoms with Gasteiger partial charge >= 0.3 is 0 Å². The molecule has 0 aliphatic carbocycles. The van der Waals surface area contributed by atoms with Crippen LogP contribution in [-0.2, 0) is 14.4 Å². The van der Waals surface area contributed by atoms with Crippen LogP contribution in [0.5, 0.6) is 0 Å². The molecule has 2 amide bonds. The number of hydroxylamine groups is 1. The third-order valence-electron chi connectivity index (χ3n) is 5.50. The number of anilines is 2. The lowest BCUT2D eigenvalue weighted by atomic mass is 9.90. The quantitative estimate of drug-likeness (QED) is 0.509. The van der Waals surface area contributed by atoms with Crippen molar-refractivity contribution >= 4 is 46.4 Å². The van der Waals surface area contributed by atoms with Gasteiger partial charge in [0.05, 0.1) is 17.4 Å². The van der Waals surface area contributed by atoms with E-state index in [0.717, 1.165) is 4.90 Å². The molecule has 3 atom stereocenters. The number of carbonyl (C=O) groups is 2. The van der Waals surface area contributed by atoms with E-state index in [1.54, 1.807) is 36.4 Å². The van der Waals surface area contributed by atoms with Crippen LogP contribution in [0.1, 0.15) is 11.6 Å². The molecule has 5 nitrogen and oxygen atoms in total. The van der Waals surface area contributed by atoms with Crippen LogP contribution in [-0.4, -0.2) is 17.9 Å². The number of imide groups is 1. The van der Waals surface area contributed by atoms with Gasteiger partial charge in [-0.3, -0.25) is 14.4 Å². The first kappa shape index (κ1) is 20.0. The third-order valence-corrected chi connectivity index (χ3v) is 6.06. The van der Waals surface area contributed by atoms with Gasteiger partial charge in [-0.05, 0) is 42.0 Å². The maximum atomic E-state index is 14.4. The van der Waals surface area contributed by atoms with Gasteiger partial charge in [0.1, 0.15) is 11.7 Å². The normalized spacial score (nSPS) is 22.9. The van der Waals surface area contributed by atoms with Crippen LogP contribution < -0.4 is 9.96 Å². The molecule has 0 saturated carbocycles. The molecule has 5 rings (SSSR count). The van der Waals surface area contributed by atoms with E-state index in [9.17, 15) is 14.0 Å². The van der Waals surface area contributed by atoms with Gasteiger partial charge in [0.2, 0.25) is 5.91 Å². The number of nitrogens with zero attached hydrogens (tertiary/aromatic N) is 2. The number of carbonyl (C=O) groups excluding carboxylic acids is 2. The molecule has 31 heavy (non-hydrogen) atoms. The fourth-order valence-electron chi connectivity index (χ4n) is 4.14. The summed E-state index contributed by atoms with van der Waals surface area (Å²) in [6.45, 7) is 0. The largest absolute Gasteiger partial charge is 0.273 e. The standard InChI is InChI=1S/C23H15Cl2FN2O3/c24-13-10-11-15(16(25)12-13)20-19-21(31-28(20)14-6-2-1-3-7-14)23(30)27(22(19)29)18-9-5-4-8-17(18)26/h1-12,19-21H. The van der Waals surface area contributed by atoms with Crippen molar-refractivity contribution in [1.29, 1.82) is 0 Å². The zero-order valence-electron chi connectivity index (χ0n) is 15.9. The molecule has 0 radical (unpaired) electrons. The second-order valence-electron chi connectivity index (χ2n) is 7.29. The van der Waals surface area contributed by atoms with E-state index < -0.39 is 35.7 Å². The van der Waals surface area contributed by atoms with Crippen molar-refractivity contribution < 1.29 is 18.8 Å². The zero-order valence-corrected chi connectivity index (χ0v) is 17.4. The Morgan fingerprint density at radius 2 is 1.58 bits per heavy atom. The molecule has 2 saturated heterocycles. The fourth-order valence-corrected chi connectivity index (χ4v) is 4.66. The molecule has 0 N–H and O–H groups in total. The van der Waals surface area contributed by atoms with Crippen molar-refractivity contribution in [3.05, 3.63) is 94.2 Å². The average molecular weight is 457 g/mol. The number of amides is 2. The summed E-state index contributed by atoms with van der Waals surface area (Å²) in [5.41, 5.74) is 1.15. The Balaban J connectivity index is 1.63. The highest BCUT2D eigenvalue weighted by molar-refractivity contribution is 6.35. The van der Waals surface area contributed by atoms with Gasteiger partial charge < -0.3 is 0 Å². The van der Waals surface area contributed by atoms with Crippen molar-refractivity contribution in [2.75, 3.05) is 9.96 Å². The summed E-state index contributed by atoms with van der Waals surface area (Å²) in [4.78, 5) is 33.5. The Kier molecular flexibility index (Phi) is 4.93. The minimum absolute atomic E-state index is 0.0947. The van der Waals surface area contributed by atoms with Crippen LogP contribution in [0, 0.1) is 11.7 Å². The molecule has 2 heterocycles. The second kappa shape index (κ2) is 7.64. The Morgan fingerprint density at radius 1 is 0.871 bits per heavy atom. The molecule has 2 aliphatic rings. The molecular formula is C23H15Cl2FN2O3. The SMILES string of the molecule is O=C1C2ON(c3ccccc3)C(c3ccc(Cl)cc3Cl)C2C(=O)N1c1ccccc1F. The lowest BCUT2D eigenvalue weighted by Crippen LogP contribution is -2.37. The third kappa shape index (κ3) is 3.19. The number of hydrogen-bond donors (Lipinski definition) is 0. The van der Waals surface area contributed by atoms with Crippen LogP contribution in [0.4, 0.5) is 15.8 Å². The van der Waals surface area contributed by atoms with E-state index in [2.05, 4.69) is 0 Å². The molecule has 8 heteroatoms. The first-order chi connectivity index (χ1) is 15.0. The minimum Gasteiger partial charge on any atom is -0.273 e. The average Bonchev–Trinajstić information content (AvgIpc) is 3.26. The fraction of sp³-hybridized carbons (Fsp3) is 0.130. The molecule has 156 valence electrons. The van der Waals surface area contributed by atoms with Gasteiger partial charge in [-0.15, -0.1) is 0 Å². The van der Waals surface area contributed by atoms with Gasteiger partial charge in [-0.25, -0.2) is 14.4 Å². The summed E-state index contributed by atoms with van der Waals surface area (Å²) >= 11 is 12.5. The van der Waals surface area contributed by atoms with Crippen molar-refractivity contribution in [2.45, 2.75) is 12.1 Å². The Labute approximate surface area is 187 Å². The summed E-state index contributed by atoms with van der Waals surface area (Å²) in [5, 5.41) is 2.31. The van der Waals surface area contributed by atoms with E-state index in [1.807, 2.05) is 18.2 Å². The minimum atomic E-state index is -1.11. The predicted octanol–water partition coefficient (Wildman–Crippen LogP) is 5.18. The molecule has 0 aromatic heterocycles. The molecule has 3 aromatic rings. The number of para-hydroxylation sites is 2. The number of rotatable bonds is 3. The maximum absolute atomic E-state index is 14.4. The number of hydrogen-bond acceptors (Lipinski definition) is 4. The van der Waals surface area contributed by atoms with Gasteiger partial charge in [0.25, 0.3) is 5.91 Å². The van der Waals surface area contributed by atoms with E-state index in [1.165, 1.54) is 23.3 Å². The molecule has 2 fully saturated rings. The van der Waals surface area contributed by atoms with Gasteiger partial charge in [0, 0.05) is 10.0 Å². The summed E-state index contributed by atoms with van der Waals surface area (Å²) in [6.07, 6.45) is -1.11. The van der Waals surface area contributed by atoms with Gasteiger partial charge in [-0.2, -0.15) is 0 Å². The van der Waals surface area contributed by atoms with Crippen molar-refractivity contribution in [3.63, 3.8) is 0 Å². The molecule has 0 spiro atoms. The number of halogens is 3. The Bertz CT molecular complexity index is 1190. The molecular weight excluding hydrogens is 442 g/mol. The van der Waals surface area contributed by atoms with Crippen LogP contribution in [0.3, 0.4) is 0 Å². The maximum Gasteiger partial charge on any atom is 0.266 e. The van der Waals surface area contributed by atoms with E-state index in [-0.39, 0.29) is 5.69 Å². The smallest absolute Gasteiger partial charge is 0.266 e. The Morgan fingerprint density at radius 3 is 2.29 bits per heavy atom. The Hall–Kier alpha value is -2.93. The van der Waals surface area contributed by atoms with Crippen molar-refractivity contribution in [3.8, 4) is 0 Å². The van der Waals surface area contributed by atoms with Crippen LogP contribution in [0.25, 0.3) is 0 Å². The second-order valence-corrected chi connectivity index (χ2v) is 8.13. The van der Waals surface area contributed by atoms with E-state index in [0.29, 0.717) is 21.3 Å². The summed E-state index contributed by atoms with van der Waals surface area (Å²) in [7, 11) is 0. The zero-order chi connectivity index (χ0) is 21.7. The summed E-state index contributed by atoms with van der Waals surface area (Å²) in [6, 6.07) is 19.0. The van der Waals surface area contributed by atoms with E-state index >= 15 is 0 Å². The summed E-state index contributed by atoms with van der Waals surface area (Å²) in [5.74, 6) is -2.74. The monoisotopic (exact) mass is 456 g/mol. The highest BCUT2D eigenvalue weighted by Gasteiger charge is 2.60. The van der Waals surface area contributed by atoms with Crippen LogP contribution in [0.15, 0.2) is 72.8 Å². The lowest BCUT2D eigenvalue weighted by molar-refractivity contribution is -0.126. The van der Waals surface area contributed by atoms with Crippen LogP contribution >= 0.6 is 23.2 Å². The predicted molar refractivity (Wildman–Crippen MR) is 115 cm³/mol. The van der Waals surface area contributed by atoms with Gasteiger partial charge in [0.15, 0.2) is 6.10 Å². The molecule has 3 unspecified atom stereocenters. The topological polar surface area (TPSA) is 49.9 Å². The highest BCUT2D eigenvalue weighted by atomic mass is 35.5. The van der Waals surface area contributed by atoms with Crippen LogP contribution in [0.2, 0.25) is 10.0 Å². The first-order valence-electron chi connectivity index (χ1n) is 9.55. The summed E-state index contributed by atoms with van der Waals surface area (Å²) < 4.78 is 14.4. The number of fused-ring (bicyclic) bond motifs is 1. The number of benzene rings is 3. The first-order valence-corrected chi connectivity index (χ1v) is 10.3.